The van der Waals surface area contributed by atoms with E-state index in [-0.39, 0.29) is 0 Å². The van der Waals surface area contributed by atoms with E-state index in [9.17, 15) is 4.79 Å². The molecule has 0 spiro atoms. The van der Waals surface area contributed by atoms with Crippen molar-refractivity contribution in [3.63, 3.8) is 0 Å². The minimum Gasteiger partial charge on any atom is -0.489 e. The molecule has 0 fully saturated rings. The van der Waals surface area contributed by atoms with Crippen LogP contribution >= 0.6 is 0 Å². The van der Waals surface area contributed by atoms with Gasteiger partial charge in [0, 0.05) is 30.7 Å². The van der Waals surface area contributed by atoms with Gasteiger partial charge in [0.05, 0.1) is 7.11 Å². The molecule has 0 unspecified atom stereocenters. The fraction of sp³-hybridized carbons (Fsp3) is 0.250. The highest BCUT2D eigenvalue weighted by atomic mass is 16.5. The molecule has 0 aliphatic rings. The molecule has 0 bridgehead atoms. The number of rotatable bonds is 6. The number of amides is 1. The Balaban J connectivity index is 1.73. The van der Waals surface area contributed by atoms with E-state index in [1.54, 1.807) is 0 Å². The molecular formula is C20H22N2O3. The number of carbonyl (C=O) groups excluding carboxylic acids is 1. The second-order valence-corrected chi connectivity index (χ2v) is 5.89. The molecule has 0 aliphatic carbocycles. The summed E-state index contributed by atoms with van der Waals surface area (Å²) in [5.41, 5.74) is 3.44. The van der Waals surface area contributed by atoms with Crippen LogP contribution in [0.5, 0.6) is 5.75 Å². The normalized spacial score (nSPS) is 10.6. The molecule has 1 amide bonds. The fourth-order valence-corrected chi connectivity index (χ4v) is 2.85. The van der Waals surface area contributed by atoms with Gasteiger partial charge in [-0.3, -0.25) is 0 Å². The molecule has 130 valence electrons. The largest absolute Gasteiger partial charge is 0.489 e. The number of nitrogens with zero attached hydrogens (tertiary/aromatic N) is 1. The molecule has 5 heteroatoms. The van der Waals surface area contributed by atoms with Crippen molar-refractivity contribution in [3.05, 3.63) is 65.9 Å². The molecule has 2 aromatic carbocycles. The lowest BCUT2D eigenvalue weighted by atomic mass is 10.1. The van der Waals surface area contributed by atoms with Crippen molar-refractivity contribution < 1.29 is 14.3 Å². The molecule has 3 rings (SSSR count). The minimum atomic E-state index is -0.410. The van der Waals surface area contributed by atoms with E-state index >= 15 is 0 Å². The predicted molar refractivity (Wildman–Crippen MR) is 97.8 cm³/mol. The summed E-state index contributed by atoms with van der Waals surface area (Å²) in [6.45, 7) is 1.07. The number of alkyl carbamates (subject to hydrolysis) is 1. The minimum absolute atomic E-state index is 0.410. The van der Waals surface area contributed by atoms with Crippen LogP contribution in [-0.4, -0.2) is 24.3 Å². The van der Waals surface area contributed by atoms with Gasteiger partial charge < -0.3 is 19.4 Å². The smallest absolute Gasteiger partial charge is 0.406 e. The van der Waals surface area contributed by atoms with Gasteiger partial charge in [-0.1, -0.05) is 30.3 Å². The summed E-state index contributed by atoms with van der Waals surface area (Å²) < 4.78 is 12.6. The first kappa shape index (κ1) is 16.9. The van der Waals surface area contributed by atoms with Crippen molar-refractivity contribution in [3.8, 4) is 5.75 Å². The van der Waals surface area contributed by atoms with Crippen LogP contribution < -0.4 is 10.1 Å². The van der Waals surface area contributed by atoms with Gasteiger partial charge in [-0.25, -0.2) is 4.79 Å². The Bertz CT molecular complexity index is 856. The Morgan fingerprint density at radius 2 is 1.96 bits per heavy atom. The SMILES string of the molecule is COC(=O)NCCc1cn(C)c2ccc(OCc3ccccc3)cc12. The zero-order valence-electron chi connectivity index (χ0n) is 14.5. The second-order valence-electron chi connectivity index (χ2n) is 5.89. The van der Waals surface area contributed by atoms with Crippen molar-refractivity contribution in [2.24, 2.45) is 7.05 Å². The molecule has 1 aromatic heterocycles. The van der Waals surface area contributed by atoms with Gasteiger partial charge in [-0.15, -0.1) is 0 Å². The monoisotopic (exact) mass is 338 g/mol. The zero-order chi connectivity index (χ0) is 17.6. The molecule has 25 heavy (non-hydrogen) atoms. The number of aromatic nitrogens is 1. The Kier molecular flexibility index (Phi) is 5.23. The van der Waals surface area contributed by atoms with Gasteiger partial charge >= 0.3 is 6.09 Å². The van der Waals surface area contributed by atoms with Crippen LogP contribution in [0.25, 0.3) is 10.9 Å². The highest BCUT2D eigenvalue weighted by Gasteiger charge is 2.09. The van der Waals surface area contributed by atoms with Crippen LogP contribution in [0, 0.1) is 0 Å². The molecule has 0 saturated carbocycles. The molecule has 1 N–H and O–H groups in total. The van der Waals surface area contributed by atoms with Crippen LogP contribution in [0.15, 0.2) is 54.7 Å². The quantitative estimate of drug-likeness (QED) is 0.746. The number of carbonyl (C=O) groups is 1. The van der Waals surface area contributed by atoms with Crippen LogP contribution in [0.2, 0.25) is 0 Å². The third kappa shape index (κ3) is 4.12. The van der Waals surface area contributed by atoms with Crippen molar-refractivity contribution in [2.45, 2.75) is 13.0 Å². The van der Waals surface area contributed by atoms with E-state index in [0.29, 0.717) is 13.2 Å². The first-order chi connectivity index (χ1) is 12.2. The number of ether oxygens (including phenoxy) is 2. The van der Waals surface area contributed by atoms with Gasteiger partial charge in [-0.2, -0.15) is 0 Å². The van der Waals surface area contributed by atoms with E-state index in [1.165, 1.54) is 12.7 Å². The number of hydrogen-bond donors (Lipinski definition) is 1. The summed E-state index contributed by atoms with van der Waals surface area (Å²) in [6, 6.07) is 16.2. The van der Waals surface area contributed by atoms with Gasteiger partial charge in [-0.05, 0) is 35.7 Å². The van der Waals surface area contributed by atoms with E-state index in [2.05, 4.69) is 33.0 Å². The maximum absolute atomic E-state index is 11.2. The summed E-state index contributed by atoms with van der Waals surface area (Å²) in [5, 5.41) is 3.85. The van der Waals surface area contributed by atoms with E-state index in [1.807, 2.05) is 43.4 Å². The molecule has 0 saturated heterocycles. The van der Waals surface area contributed by atoms with Gasteiger partial charge in [0.25, 0.3) is 0 Å². The summed E-state index contributed by atoms with van der Waals surface area (Å²) in [5.74, 6) is 0.838. The topological polar surface area (TPSA) is 52.5 Å². The van der Waals surface area contributed by atoms with Crippen molar-refractivity contribution in [2.75, 3.05) is 13.7 Å². The first-order valence-electron chi connectivity index (χ1n) is 8.24. The number of benzene rings is 2. The number of aryl methyl sites for hydroxylation is 1. The number of methoxy groups -OCH3 is 1. The number of hydrogen-bond acceptors (Lipinski definition) is 3. The molecule has 0 radical (unpaired) electrons. The van der Waals surface area contributed by atoms with Crippen molar-refractivity contribution >= 4 is 17.0 Å². The molecule has 0 atom stereocenters. The number of nitrogens with one attached hydrogen (secondary N) is 1. The zero-order valence-corrected chi connectivity index (χ0v) is 14.5. The summed E-state index contributed by atoms with van der Waals surface area (Å²) in [7, 11) is 3.38. The average Bonchev–Trinajstić information content (AvgIpc) is 2.96. The highest BCUT2D eigenvalue weighted by molar-refractivity contribution is 5.85. The maximum atomic E-state index is 11.2. The Morgan fingerprint density at radius 3 is 2.72 bits per heavy atom. The lowest BCUT2D eigenvalue weighted by Crippen LogP contribution is -2.25. The maximum Gasteiger partial charge on any atom is 0.406 e. The molecule has 0 aliphatic heterocycles. The number of fused-ring (bicyclic) bond motifs is 1. The third-order valence-corrected chi connectivity index (χ3v) is 4.14. The first-order valence-corrected chi connectivity index (χ1v) is 8.24. The van der Waals surface area contributed by atoms with Crippen molar-refractivity contribution in [1.82, 2.24) is 9.88 Å². The summed E-state index contributed by atoms with van der Waals surface area (Å²) >= 11 is 0. The second kappa shape index (κ2) is 7.75. The Morgan fingerprint density at radius 1 is 1.16 bits per heavy atom. The van der Waals surface area contributed by atoms with Crippen LogP contribution in [0.1, 0.15) is 11.1 Å². The molecule has 1 heterocycles. The third-order valence-electron chi connectivity index (χ3n) is 4.14. The Labute approximate surface area is 147 Å². The highest BCUT2D eigenvalue weighted by Crippen LogP contribution is 2.26. The van der Waals surface area contributed by atoms with Gasteiger partial charge in [0.15, 0.2) is 0 Å². The van der Waals surface area contributed by atoms with Gasteiger partial charge in [0.2, 0.25) is 0 Å². The summed E-state index contributed by atoms with van der Waals surface area (Å²) in [6.07, 6.45) is 2.41. The lowest BCUT2D eigenvalue weighted by Gasteiger charge is -2.07. The van der Waals surface area contributed by atoms with E-state index < -0.39 is 6.09 Å². The van der Waals surface area contributed by atoms with Crippen LogP contribution in [-0.2, 0) is 24.8 Å². The van der Waals surface area contributed by atoms with E-state index in [4.69, 9.17) is 4.74 Å². The standard InChI is InChI=1S/C20H22N2O3/c1-22-13-16(10-11-21-20(23)24-2)18-12-17(8-9-19(18)22)25-14-15-6-4-3-5-7-15/h3-9,12-13H,10-11,14H2,1-2H3,(H,21,23). The molecule has 5 nitrogen and oxygen atoms in total. The van der Waals surface area contributed by atoms with Gasteiger partial charge in [0.1, 0.15) is 12.4 Å². The lowest BCUT2D eigenvalue weighted by molar-refractivity contribution is 0.171. The van der Waals surface area contributed by atoms with Crippen LogP contribution in [0.3, 0.4) is 0 Å². The predicted octanol–water partition coefficient (Wildman–Crippen LogP) is 3.66. The van der Waals surface area contributed by atoms with Crippen LogP contribution in [0.4, 0.5) is 4.79 Å². The molecule has 3 aromatic rings. The van der Waals surface area contributed by atoms with E-state index in [0.717, 1.165) is 28.6 Å². The van der Waals surface area contributed by atoms with Crippen molar-refractivity contribution in [1.29, 1.82) is 0 Å². The Hall–Kier alpha value is -2.95. The summed E-state index contributed by atoms with van der Waals surface area (Å²) in [4.78, 5) is 11.2. The average molecular weight is 338 g/mol. The molecular weight excluding hydrogens is 316 g/mol. The fourth-order valence-electron chi connectivity index (χ4n) is 2.85.